The third kappa shape index (κ3) is 9.09. The molecular weight excluding hydrogens is 687 g/mol. The number of nitriles is 1. The topological polar surface area (TPSA) is 204 Å². The predicted octanol–water partition coefficient (Wildman–Crippen LogP) is 5.95. The first-order chi connectivity index (χ1) is 25.1. The van der Waals surface area contributed by atoms with Gasteiger partial charge in [0.05, 0.1) is 18.9 Å². The Morgan fingerprint density at radius 1 is 1.06 bits per heavy atom. The van der Waals surface area contributed by atoms with Gasteiger partial charge in [0.2, 0.25) is 5.60 Å². The number of aliphatic hydroxyl groups is 2. The zero-order valence-electron chi connectivity index (χ0n) is 29.7. The highest BCUT2D eigenvalue weighted by Crippen LogP contribution is 2.48. The van der Waals surface area contributed by atoms with Gasteiger partial charge in [0.1, 0.15) is 48.0 Å². The molecule has 0 bridgehead atoms. The highest BCUT2D eigenvalue weighted by atomic mass is 31.2. The molecule has 2 aromatic heterocycles. The molecule has 1 unspecified atom stereocenters. The molecule has 6 atom stereocenters. The van der Waals surface area contributed by atoms with Crippen LogP contribution in [0.5, 0.6) is 5.75 Å². The maximum atomic E-state index is 14.5. The van der Waals surface area contributed by atoms with Crippen molar-refractivity contribution in [2.45, 2.75) is 108 Å². The standard InChI is InChI=1S/C37H49N6O8P/c1-3-4-5-6-7-8-9-10-11-14-22-48-36(46)26(2)42-52(47,51-30-19-15-17-27-16-12-13-18-28(27)30)49-23-31-33(44)34(45)37(24-38,50-31)32-21-20-29-35(39)40-25-41-43(29)32/h12-13,15-21,25-26,31,33-34,44-45H,3-11,14,22-23H2,1-2H3,(H,42,47)(H2,39,40,41)/t26-,31+,33+,34+,37-,52?/m0/s1. The van der Waals surface area contributed by atoms with Gasteiger partial charge in [-0.25, -0.2) is 14.1 Å². The van der Waals surface area contributed by atoms with E-state index in [1.54, 1.807) is 30.3 Å². The quantitative estimate of drug-likeness (QED) is 0.0471. The van der Waals surface area contributed by atoms with Crippen molar-refractivity contribution in [3.8, 4) is 11.8 Å². The number of rotatable bonds is 20. The van der Waals surface area contributed by atoms with E-state index in [0.29, 0.717) is 17.3 Å². The zero-order valence-corrected chi connectivity index (χ0v) is 30.6. The number of aliphatic hydroxyl groups excluding tert-OH is 2. The van der Waals surface area contributed by atoms with E-state index in [-0.39, 0.29) is 23.9 Å². The highest BCUT2D eigenvalue weighted by Gasteiger charge is 2.58. The van der Waals surface area contributed by atoms with E-state index in [1.165, 1.54) is 62.4 Å². The van der Waals surface area contributed by atoms with Gasteiger partial charge in [-0.2, -0.15) is 15.4 Å². The summed E-state index contributed by atoms with van der Waals surface area (Å²) in [7, 11) is -4.43. The number of carbonyl (C=O) groups is 1. The number of fused-ring (bicyclic) bond motifs is 2. The first kappa shape index (κ1) is 39.1. The maximum absolute atomic E-state index is 14.5. The largest absolute Gasteiger partial charge is 0.465 e. The summed E-state index contributed by atoms with van der Waals surface area (Å²) in [6, 6.07) is 16.4. The molecule has 280 valence electrons. The van der Waals surface area contributed by atoms with Crippen LogP contribution < -0.4 is 15.3 Å². The van der Waals surface area contributed by atoms with Gasteiger partial charge in [-0.1, -0.05) is 101 Å². The summed E-state index contributed by atoms with van der Waals surface area (Å²) in [5.74, 6) is -0.286. The zero-order chi connectivity index (χ0) is 37.1. The van der Waals surface area contributed by atoms with Crippen LogP contribution in [0.25, 0.3) is 16.3 Å². The number of hydrogen-bond acceptors (Lipinski definition) is 12. The first-order valence-corrected chi connectivity index (χ1v) is 19.6. The molecule has 0 spiro atoms. The number of hydrogen-bond donors (Lipinski definition) is 4. The van der Waals surface area contributed by atoms with Gasteiger partial charge in [-0.15, -0.1) is 0 Å². The lowest BCUT2D eigenvalue weighted by Crippen LogP contribution is -2.41. The number of aromatic nitrogens is 3. The third-order valence-electron chi connectivity index (χ3n) is 9.31. The normalized spacial score (nSPS) is 21.9. The van der Waals surface area contributed by atoms with E-state index in [9.17, 15) is 24.8 Å². The van der Waals surface area contributed by atoms with Crippen LogP contribution in [0, 0.1) is 11.3 Å². The van der Waals surface area contributed by atoms with Gasteiger partial charge >= 0.3 is 13.7 Å². The van der Waals surface area contributed by atoms with E-state index in [0.717, 1.165) is 24.6 Å². The molecule has 1 aliphatic heterocycles. The Morgan fingerprint density at radius 3 is 2.48 bits per heavy atom. The molecule has 1 fully saturated rings. The van der Waals surface area contributed by atoms with E-state index in [2.05, 4.69) is 22.1 Å². The third-order valence-corrected chi connectivity index (χ3v) is 10.9. The van der Waals surface area contributed by atoms with E-state index < -0.39 is 50.3 Å². The Hall–Kier alpha value is -4.09. The fourth-order valence-electron chi connectivity index (χ4n) is 6.39. The number of esters is 1. The molecule has 3 heterocycles. The summed E-state index contributed by atoms with van der Waals surface area (Å²) < 4.78 is 39.1. The van der Waals surface area contributed by atoms with Gasteiger partial charge in [0.25, 0.3) is 0 Å². The minimum absolute atomic E-state index is 0.0974. The number of nitrogens with one attached hydrogen (secondary N) is 1. The van der Waals surface area contributed by atoms with Crippen LogP contribution in [-0.2, 0) is 29.0 Å². The maximum Gasteiger partial charge on any atom is 0.459 e. The van der Waals surface area contributed by atoms with E-state index in [1.807, 2.05) is 24.3 Å². The van der Waals surface area contributed by atoms with Gasteiger partial charge in [0.15, 0.2) is 5.82 Å². The summed E-state index contributed by atoms with van der Waals surface area (Å²) in [6.07, 6.45) is 7.86. The second-order valence-corrected chi connectivity index (χ2v) is 14.9. The summed E-state index contributed by atoms with van der Waals surface area (Å²) in [6.45, 7) is 3.32. The molecule has 15 heteroatoms. The number of nitrogen functional groups attached to an aromatic ring is 1. The summed E-state index contributed by atoms with van der Waals surface area (Å²) in [5, 5.41) is 40.8. The van der Waals surface area contributed by atoms with Gasteiger partial charge < -0.3 is 29.9 Å². The van der Waals surface area contributed by atoms with Gasteiger partial charge in [0, 0.05) is 5.39 Å². The lowest BCUT2D eigenvalue weighted by molar-refractivity contribution is -0.145. The number of carbonyl (C=O) groups excluding carboxylic acids is 1. The summed E-state index contributed by atoms with van der Waals surface area (Å²) in [5.41, 5.74) is 4.32. The van der Waals surface area contributed by atoms with Crippen molar-refractivity contribution < 1.29 is 38.1 Å². The molecule has 0 radical (unpaired) electrons. The lowest BCUT2D eigenvalue weighted by Gasteiger charge is -2.26. The molecular formula is C37H49N6O8P. The molecule has 4 aromatic rings. The van der Waals surface area contributed by atoms with Crippen molar-refractivity contribution >= 4 is 35.8 Å². The van der Waals surface area contributed by atoms with E-state index >= 15 is 0 Å². The molecule has 0 saturated carbocycles. The predicted molar refractivity (Wildman–Crippen MR) is 195 cm³/mol. The molecule has 5 N–H and O–H groups in total. The molecule has 52 heavy (non-hydrogen) atoms. The van der Waals surface area contributed by atoms with Crippen molar-refractivity contribution in [3.63, 3.8) is 0 Å². The van der Waals surface area contributed by atoms with Crippen LogP contribution >= 0.6 is 7.75 Å². The van der Waals surface area contributed by atoms with Crippen LogP contribution in [0.1, 0.15) is 83.7 Å². The Labute approximate surface area is 303 Å². The van der Waals surface area contributed by atoms with Crippen LogP contribution in [0.4, 0.5) is 5.82 Å². The Bertz CT molecular complexity index is 1880. The number of ether oxygens (including phenoxy) is 2. The van der Waals surface area contributed by atoms with Crippen molar-refractivity contribution in [2.24, 2.45) is 0 Å². The average molecular weight is 737 g/mol. The molecule has 0 aliphatic carbocycles. The lowest BCUT2D eigenvalue weighted by atomic mass is 9.92. The minimum Gasteiger partial charge on any atom is -0.465 e. The Morgan fingerprint density at radius 2 is 1.75 bits per heavy atom. The molecule has 2 aromatic carbocycles. The fraction of sp³-hybridized carbons (Fsp3) is 0.514. The summed E-state index contributed by atoms with van der Waals surface area (Å²) >= 11 is 0. The second kappa shape index (κ2) is 18.1. The first-order valence-electron chi connectivity index (χ1n) is 18.0. The molecule has 1 saturated heterocycles. The Kier molecular flexibility index (Phi) is 13.6. The molecule has 0 amide bonds. The molecule has 1 aliphatic rings. The van der Waals surface area contributed by atoms with Crippen molar-refractivity contribution in [1.82, 2.24) is 19.7 Å². The number of benzene rings is 2. The number of nitrogens with two attached hydrogens (primary N) is 1. The van der Waals surface area contributed by atoms with Crippen molar-refractivity contribution in [1.29, 1.82) is 5.26 Å². The van der Waals surface area contributed by atoms with E-state index in [4.69, 9.17) is 24.3 Å². The van der Waals surface area contributed by atoms with Crippen LogP contribution in [0.3, 0.4) is 0 Å². The summed E-state index contributed by atoms with van der Waals surface area (Å²) in [4.78, 5) is 17.0. The number of nitrogens with zero attached hydrogens (tertiary/aromatic N) is 4. The number of anilines is 1. The average Bonchev–Trinajstić information content (AvgIpc) is 3.69. The van der Waals surface area contributed by atoms with Crippen molar-refractivity contribution in [3.05, 3.63) is 66.6 Å². The van der Waals surface area contributed by atoms with Crippen LogP contribution in [0.2, 0.25) is 0 Å². The highest BCUT2D eigenvalue weighted by molar-refractivity contribution is 7.52. The van der Waals surface area contributed by atoms with Crippen LogP contribution in [-0.4, -0.2) is 68.3 Å². The van der Waals surface area contributed by atoms with Gasteiger partial charge in [-0.05, 0) is 36.9 Å². The molecule has 5 rings (SSSR count). The van der Waals surface area contributed by atoms with Gasteiger partial charge in [-0.3, -0.25) is 9.32 Å². The van der Waals surface area contributed by atoms with Crippen molar-refractivity contribution in [2.75, 3.05) is 18.9 Å². The van der Waals surface area contributed by atoms with Crippen LogP contribution in [0.15, 0.2) is 60.9 Å². The smallest absolute Gasteiger partial charge is 0.459 e. The second-order valence-electron chi connectivity index (χ2n) is 13.2. The SMILES string of the molecule is CCCCCCCCCCCCOC(=O)[C@H](C)NP(=O)(OC[C@H]1O[C@@](C#N)(c2ccc3c(N)ncnn23)[C@H](O)[C@@H]1O)Oc1cccc2ccccc12. The monoisotopic (exact) mass is 736 g/mol. The Balaban J connectivity index is 1.25. The fourth-order valence-corrected chi connectivity index (χ4v) is 7.91. The molecule has 14 nitrogen and oxygen atoms in total. The number of unbranched alkanes of at least 4 members (excludes halogenated alkanes) is 9. The minimum atomic E-state index is -4.43.